The summed E-state index contributed by atoms with van der Waals surface area (Å²) >= 11 is 1.42. The first kappa shape index (κ1) is 20.6. The quantitative estimate of drug-likeness (QED) is 0.494. The van der Waals surface area contributed by atoms with Gasteiger partial charge in [0, 0.05) is 13.0 Å². The van der Waals surface area contributed by atoms with E-state index in [-0.39, 0.29) is 23.5 Å². The molecule has 156 valence electrons. The molecular formula is C23H25FN4OS. The molecule has 0 spiro atoms. The molecule has 3 aromatic rings. The Morgan fingerprint density at radius 2 is 1.87 bits per heavy atom. The molecule has 1 atom stereocenters. The molecule has 1 unspecified atom stereocenters. The van der Waals surface area contributed by atoms with E-state index in [1.54, 1.807) is 24.1 Å². The van der Waals surface area contributed by atoms with Crippen molar-refractivity contribution in [3.05, 3.63) is 77.4 Å². The Labute approximate surface area is 180 Å². The lowest BCUT2D eigenvalue weighted by Gasteiger charge is -2.25. The second-order valence-electron chi connectivity index (χ2n) is 7.71. The van der Waals surface area contributed by atoms with Crippen molar-refractivity contribution in [2.75, 3.05) is 12.8 Å². The third-order valence-electron chi connectivity index (χ3n) is 5.52. The average molecular weight is 425 g/mol. The monoisotopic (exact) mass is 424 g/mol. The molecule has 1 heterocycles. The highest BCUT2D eigenvalue weighted by Crippen LogP contribution is 2.40. The van der Waals surface area contributed by atoms with Crippen molar-refractivity contribution < 1.29 is 9.18 Å². The number of thioether (sulfide) groups is 1. The van der Waals surface area contributed by atoms with Crippen LogP contribution in [0.25, 0.3) is 0 Å². The highest BCUT2D eigenvalue weighted by Gasteiger charge is 2.30. The van der Waals surface area contributed by atoms with Crippen LogP contribution in [0.3, 0.4) is 0 Å². The summed E-state index contributed by atoms with van der Waals surface area (Å²) in [5.74, 6) is 1.49. The molecule has 30 heavy (non-hydrogen) atoms. The van der Waals surface area contributed by atoms with Gasteiger partial charge in [0.05, 0.1) is 18.3 Å². The van der Waals surface area contributed by atoms with Gasteiger partial charge in [0.2, 0.25) is 5.91 Å². The van der Waals surface area contributed by atoms with Crippen LogP contribution in [-0.4, -0.2) is 38.4 Å². The van der Waals surface area contributed by atoms with E-state index in [2.05, 4.69) is 26.9 Å². The fourth-order valence-electron chi connectivity index (χ4n) is 3.37. The Kier molecular flexibility index (Phi) is 6.18. The number of hydrogen-bond donors (Lipinski definition) is 0. The Balaban J connectivity index is 1.44. The number of rotatable bonds is 8. The van der Waals surface area contributed by atoms with Gasteiger partial charge in [-0.2, -0.15) is 0 Å². The molecule has 2 aromatic carbocycles. The van der Waals surface area contributed by atoms with Gasteiger partial charge in [-0.05, 0) is 43.0 Å². The van der Waals surface area contributed by atoms with E-state index < -0.39 is 0 Å². The second-order valence-corrected chi connectivity index (χ2v) is 8.65. The second kappa shape index (κ2) is 9.00. The number of carbonyl (C=O) groups excluding carboxylic acids is 1. The number of nitrogens with zero attached hydrogens (tertiary/aromatic N) is 4. The summed E-state index contributed by atoms with van der Waals surface area (Å²) in [6.07, 6.45) is 2.29. The van der Waals surface area contributed by atoms with Crippen LogP contribution >= 0.6 is 11.8 Å². The first-order valence-electron chi connectivity index (χ1n) is 10.1. The maximum absolute atomic E-state index is 13.2. The zero-order valence-electron chi connectivity index (χ0n) is 17.2. The molecule has 0 radical (unpaired) electrons. The van der Waals surface area contributed by atoms with Gasteiger partial charge in [0.15, 0.2) is 5.16 Å². The van der Waals surface area contributed by atoms with Crippen molar-refractivity contribution in [3.63, 3.8) is 0 Å². The summed E-state index contributed by atoms with van der Waals surface area (Å²) in [4.78, 5) is 14.5. The topological polar surface area (TPSA) is 51.0 Å². The summed E-state index contributed by atoms with van der Waals surface area (Å²) in [5, 5.41) is 9.58. The first-order valence-corrected chi connectivity index (χ1v) is 11.1. The Hall–Kier alpha value is -2.67. The van der Waals surface area contributed by atoms with Crippen LogP contribution in [0.5, 0.6) is 0 Å². The molecule has 0 bridgehead atoms. The van der Waals surface area contributed by atoms with Crippen LogP contribution in [-0.2, 0) is 11.3 Å². The summed E-state index contributed by atoms with van der Waals surface area (Å²) in [6, 6.07) is 16.4. The van der Waals surface area contributed by atoms with Crippen molar-refractivity contribution in [3.8, 4) is 0 Å². The van der Waals surface area contributed by atoms with Gasteiger partial charge >= 0.3 is 0 Å². The molecule has 0 saturated heterocycles. The van der Waals surface area contributed by atoms with Crippen LogP contribution < -0.4 is 0 Å². The highest BCUT2D eigenvalue weighted by molar-refractivity contribution is 7.99. The fourth-order valence-corrected chi connectivity index (χ4v) is 4.24. The molecule has 1 amide bonds. The maximum Gasteiger partial charge on any atom is 0.233 e. The molecule has 4 rings (SSSR count). The third-order valence-corrected chi connectivity index (χ3v) is 6.47. The largest absolute Gasteiger partial charge is 0.338 e. The average Bonchev–Trinajstić information content (AvgIpc) is 3.54. The normalized spacial score (nSPS) is 14.5. The van der Waals surface area contributed by atoms with Crippen molar-refractivity contribution in [1.29, 1.82) is 0 Å². The number of hydrogen-bond acceptors (Lipinski definition) is 4. The molecule has 1 aromatic heterocycles. The molecule has 5 nitrogen and oxygen atoms in total. The number of benzene rings is 2. The van der Waals surface area contributed by atoms with Gasteiger partial charge < -0.3 is 9.47 Å². The lowest BCUT2D eigenvalue weighted by atomic mass is 10.1. The SMILES string of the molecule is CC(c1ccc(F)cc1)N(C)C(=O)CSc1nnc(C2CC2)n1Cc1ccccc1. The van der Waals surface area contributed by atoms with E-state index in [9.17, 15) is 9.18 Å². The van der Waals surface area contributed by atoms with E-state index >= 15 is 0 Å². The zero-order valence-corrected chi connectivity index (χ0v) is 18.0. The number of amides is 1. The minimum Gasteiger partial charge on any atom is -0.338 e. The molecule has 1 aliphatic carbocycles. The van der Waals surface area contributed by atoms with Gasteiger partial charge in [0.25, 0.3) is 0 Å². The van der Waals surface area contributed by atoms with Crippen molar-refractivity contribution in [1.82, 2.24) is 19.7 Å². The first-order chi connectivity index (χ1) is 14.5. The lowest BCUT2D eigenvalue weighted by Crippen LogP contribution is -2.31. The van der Waals surface area contributed by atoms with Crippen LogP contribution in [0.2, 0.25) is 0 Å². The standard InChI is InChI=1S/C23H25FN4OS/c1-16(18-10-12-20(24)13-11-18)27(2)21(29)15-30-23-26-25-22(19-8-9-19)28(23)14-17-6-4-3-5-7-17/h3-7,10-13,16,19H,8-9,14-15H2,1-2H3. The highest BCUT2D eigenvalue weighted by atomic mass is 32.2. The zero-order chi connectivity index (χ0) is 21.1. The molecule has 1 fully saturated rings. The summed E-state index contributed by atoms with van der Waals surface area (Å²) in [6.45, 7) is 2.65. The Bertz CT molecular complexity index is 1000. The molecule has 1 saturated carbocycles. The fraction of sp³-hybridized carbons (Fsp3) is 0.348. The predicted octanol–water partition coefficient (Wildman–Crippen LogP) is 4.65. The van der Waals surface area contributed by atoms with Gasteiger partial charge in [-0.3, -0.25) is 4.79 Å². The minimum atomic E-state index is -0.278. The third kappa shape index (κ3) is 4.73. The summed E-state index contributed by atoms with van der Waals surface area (Å²) < 4.78 is 15.3. The number of aromatic nitrogens is 3. The van der Waals surface area contributed by atoms with E-state index in [1.165, 1.54) is 29.5 Å². The van der Waals surface area contributed by atoms with Gasteiger partial charge in [0.1, 0.15) is 11.6 Å². The smallest absolute Gasteiger partial charge is 0.233 e. The summed E-state index contributed by atoms with van der Waals surface area (Å²) in [5.41, 5.74) is 2.09. The van der Waals surface area contributed by atoms with Crippen LogP contribution in [0.15, 0.2) is 59.8 Å². The lowest BCUT2D eigenvalue weighted by molar-refractivity contribution is -0.128. The van der Waals surface area contributed by atoms with Crippen molar-refractivity contribution in [2.24, 2.45) is 0 Å². The molecule has 0 N–H and O–H groups in total. The van der Waals surface area contributed by atoms with E-state index in [0.717, 1.165) is 29.4 Å². The minimum absolute atomic E-state index is 0.000872. The van der Waals surface area contributed by atoms with Gasteiger partial charge in [-0.1, -0.05) is 54.2 Å². The van der Waals surface area contributed by atoms with Crippen molar-refractivity contribution in [2.45, 2.75) is 43.4 Å². The summed E-state index contributed by atoms with van der Waals surface area (Å²) in [7, 11) is 1.78. The predicted molar refractivity (Wildman–Crippen MR) is 116 cm³/mol. The molecular weight excluding hydrogens is 399 g/mol. The molecule has 7 heteroatoms. The van der Waals surface area contributed by atoms with Crippen LogP contribution in [0, 0.1) is 5.82 Å². The maximum atomic E-state index is 13.2. The van der Waals surface area contributed by atoms with Crippen LogP contribution in [0.1, 0.15) is 48.7 Å². The van der Waals surface area contributed by atoms with E-state index in [1.807, 2.05) is 25.1 Å². The van der Waals surface area contributed by atoms with Gasteiger partial charge in [-0.25, -0.2) is 4.39 Å². The number of carbonyl (C=O) groups is 1. The number of halogens is 1. The van der Waals surface area contributed by atoms with Crippen molar-refractivity contribution >= 4 is 17.7 Å². The Morgan fingerprint density at radius 1 is 1.17 bits per heavy atom. The molecule has 1 aliphatic rings. The van der Waals surface area contributed by atoms with E-state index in [0.29, 0.717) is 12.5 Å². The van der Waals surface area contributed by atoms with Crippen LogP contribution in [0.4, 0.5) is 4.39 Å². The molecule has 0 aliphatic heterocycles. The Morgan fingerprint density at radius 3 is 2.53 bits per heavy atom. The van der Waals surface area contributed by atoms with E-state index in [4.69, 9.17) is 0 Å². The van der Waals surface area contributed by atoms with Gasteiger partial charge in [-0.15, -0.1) is 10.2 Å².